The van der Waals surface area contributed by atoms with Crippen molar-refractivity contribution in [1.29, 1.82) is 0 Å². The lowest BCUT2D eigenvalue weighted by atomic mass is 9.90. The van der Waals surface area contributed by atoms with Crippen LogP contribution in [0.2, 0.25) is 0 Å². The van der Waals surface area contributed by atoms with Crippen molar-refractivity contribution in [2.45, 2.75) is 26.2 Å². The van der Waals surface area contributed by atoms with Gasteiger partial charge in [-0.3, -0.25) is 4.79 Å². The molecule has 2 aromatic rings. The number of thiazole rings is 1. The van der Waals surface area contributed by atoms with Gasteiger partial charge in [-0.25, -0.2) is 9.37 Å². The lowest BCUT2D eigenvalue weighted by Gasteiger charge is -2.19. The Morgan fingerprint density at radius 2 is 2.19 bits per heavy atom. The molecule has 112 valence electrons. The maximum absolute atomic E-state index is 13.3. The van der Waals surface area contributed by atoms with Gasteiger partial charge in [0, 0.05) is 10.9 Å². The summed E-state index contributed by atoms with van der Waals surface area (Å²) in [6.45, 7) is 5.68. The molecule has 0 radical (unpaired) electrons. The van der Waals surface area contributed by atoms with E-state index >= 15 is 0 Å². The molecule has 0 bridgehead atoms. The van der Waals surface area contributed by atoms with Crippen LogP contribution in [0.1, 0.15) is 26.5 Å². The molecule has 0 saturated heterocycles. The van der Waals surface area contributed by atoms with Crippen molar-refractivity contribution < 1.29 is 13.9 Å². The maximum atomic E-state index is 13.3. The summed E-state index contributed by atoms with van der Waals surface area (Å²) in [5.41, 5.74) is 0.655. The lowest BCUT2D eigenvalue weighted by Crippen LogP contribution is -2.31. The molecule has 1 aromatic carbocycles. The predicted molar refractivity (Wildman–Crippen MR) is 84.9 cm³/mol. The van der Waals surface area contributed by atoms with Crippen LogP contribution in [0.4, 0.5) is 4.39 Å². The summed E-state index contributed by atoms with van der Waals surface area (Å²) >= 11 is 4.58. The quantitative estimate of drug-likeness (QED) is 0.739. The smallest absolute Gasteiger partial charge is 0.317 e. The molecule has 0 aliphatic heterocycles. The van der Waals surface area contributed by atoms with E-state index in [9.17, 15) is 9.18 Å². The SMILES string of the molecule is CCOC(=O)C(C)(C)c1csc(-c2ccc(F)c(Br)c2)n1. The number of esters is 1. The summed E-state index contributed by atoms with van der Waals surface area (Å²) in [6, 6.07) is 4.73. The van der Waals surface area contributed by atoms with E-state index in [1.807, 2.05) is 5.38 Å². The maximum Gasteiger partial charge on any atom is 0.317 e. The minimum absolute atomic E-state index is 0.304. The normalized spacial score (nSPS) is 11.5. The lowest BCUT2D eigenvalue weighted by molar-refractivity contribution is -0.148. The van der Waals surface area contributed by atoms with Gasteiger partial charge in [0.1, 0.15) is 16.2 Å². The highest BCUT2D eigenvalue weighted by molar-refractivity contribution is 9.10. The minimum atomic E-state index is -0.804. The fraction of sp³-hybridized carbons (Fsp3) is 0.333. The molecular weight excluding hydrogens is 357 g/mol. The van der Waals surface area contributed by atoms with Crippen LogP contribution >= 0.6 is 27.3 Å². The van der Waals surface area contributed by atoms with E-state index < -0.39 is 5.41 Å². The molecule has 0 aliphatic carbocycles. The number of hydrogen-bond acceptors (Lipinski definition) is 4. The van der Waals surface area contributed by atoms with Crippen LogP contribution in [0, 0.1) is 5.82 Å². The van der Waals surface area contributed by atoms with Gasteiger partial charge < -0.3 is 4.74 Å². The fourth-order valence-electron chi connectivity index (χ4n) is 1.74. The van der Waals surface area contributed by atoms with Crippen molar-refractivity contribution in [3.8, 4) is 10.6 Å². The third-order valence-electron chi connectivity index (χ3n) is 3.10. The Bertz CT molecular complexity index is 669. The van der Waals surface area contributed by atoms with Gasteiger partial charge in [0.2, 0.25) is 0 Å². The van der Waals surface area contributed by atoms with Gasteiger partial charge in [-0.1, -0.05) is 0 Å². The standard InChI is InChI=1S/C15H15BrFNO2S/c1-4-20-14(19)15(2,3)12-8-21-13(18-12)9-5-6-11(17)10(16)7-9/h5-8H,4H2,1-3H3. The molecular formula is C15H15BrFNO2S. The zero-order chi connectivity index (χ0) is 15.6. The number of benzene rings is 1. The Morgan fingerprint density at radius 1 is 1.48 bits per heavy atom. The molecule has 1 aromatic heterocycles. The second kappa shape index (κ2) is 6.23. The van der Waals surface area contributed by atoms with Crippen molar-refractivity contribution in [3.63, 3.8) is 0 Å². The van der Waals surface area contributed by atoms with Crippen LogP contribution in [0.25, 0.3) is 10.6 Å². The van der Waals surface area contributed by atoms with Gasteiger partial charge in [0.15, 0.2) is 0 Å². The van der Waals surface area contributed by atoms with Gasteiger partial charge >= 0.3 is 5.97 Å². The number of carbonyl (C=O) groups is 1. The molecule has 0 aliphatic rings. The number of rotatable bonds is 4. The van der Waals surface area contributed by atoms with E-state index in [0.717, 1.165) is 10.6 Å². The highest BCUT2D eigenvalue weighted by Crippen LogP contribution is 2.32. The van der Waals surface area contributed by atoms with Gasteiger partial charge in [-0.2, -0.15) is 0 Å². The zero-order valence-corrected chi connectivity index (χ0v) is 14.3. The second-order valence-corrected chi connectivity index (χ2v) is 6.72. The summed E-state index contributed by atoms with van der Waals surface area (Å²) in [5, 5.41) is 2.58. The first kappa shape index (κ1) is 16.1. The summed E-state index contributed by atoms with van der Waals surface area (Å²) in [6.07, 6.45) is 0. The number of halogens is 2. The van der Waals surface area contributed by atoms with Crippen LogP contribution in [0.5, 0.6) is 0 Å². The largest absolute Gasteiger partial charge is 0.465 e. The predicted octanol–water partition coefficient (Wildman–Crippen LogP) is 4.55. The number of ether oxygens (including phenoxy) is 1. The first-order valence-corrected chi connectivity index (χ1v) is 8.12. The molecule has 0 fully saturated rings. The highest BCUT2D eigenvalue weighted by atomic mass is 79.9. The second-order valence-electron chi connectivity index (χ2n) is 5.01. The third-order valence-corrected chi connectivity index (χ3v) is 4.60. The van der Waals surface area contributed by atoms with Crippen LogP contribution in [0.15, 0.2) is 28.1 Å². The fourth-order valence-corrected chi connectivity index (χ4v) is 3.10. The number of aromatic nitrogens is 1. The molecule has 0 unspecified atom stereocenters. The number of carbonyl (C=O) groups excluding carboxylic acids is 1. The molecule has 6 heteroatoms. The molecule has 21 heavy (non-hydrogen) atoms. The van der Waals surface area contributed by atoms with Crippen molar-refractivity contribution in [1.82, 2.24) is 4.98 Å². The molecule has 0 spiro atoms. The first-order chi connectivity index (χ1) is 9.86. The van der Waals surface area contributed by atoms with E-state index in [1.54, 1.807) is 32.9 Å². The summed E-state index contributed by atoms with van der Waals surface area (Å²) in [7, 11) is 0. The van der Waals surface area contributed by atoms with Gasteiger partial charge in [-0.05, 0) is 54.9 Å². The first-order valence-electron chi connectivity index (χ1n) is 6.45. The number of nitrogens with zero attached hydrogens (tertiary/aromatic N) is 1. The third kappa shape index (κ3) is 3.32. The summed E-state index contributed by atoms with van der Waals surface area (Å²) in [4.78, 5) is 16.5. The monoisotopic (exact) mass is 371 g/mol. The van der Waals surface area contributed by atoms with Crippen LogP contribution in [-0.4, -0.2) is 17.6 Å². The summed E-state index contributed by atoms with van der Waals surface area (Å²) in [5.74, 6) is -0.621. The topological polar surface area (TPSA) is 39.2 Å². The molecule has 1 heterocycles. The molecule has 0 N–H and O–H groups in total. The van der Waals surface area contributed by atoms with Crippen LogP contribution < -0.4 is 0 Å². The average Bonchev–Trinajstić information content (AvgIpc) is 2.92. The molecule has 0 atom stereocenters. The van der Waals surface area contributed by atoms with Gasteiger partial charge in [0.05, 0.1) is 16.8 Å². The van der Waals surface area contributed by atoms with E-state index in [1.165, 1.54) is 17.4 Å². The summed E-state index contributed by atoms with van der Waals surface area (Å²) < 4.78 is 18.7. The number of hydrogen-bond donors (Lipinski definition) is 0. The van der Waals surface area contributed by atoms with Crippen molar-refractivity contribution in [2.24, 2.45) is 0 Å². The van der Waals surface area contributed by atoms with E-state index in [4.69, 9.17) is 4.74 Å². The zero-order valence-electron chi connectivity index (χ0n) is 11.9. The Morgan fingerprint density at radius 3 is 2.81 bits per heavy atom. The minimum Gasteiger partial charge on any atom is -0.465 e. The highest BCUT2D eigenvalue weighted by Gasteiger charge is 2.34. The Kier molecular flexibility index (Phi) is 4.78. The van der Waals surface area contributed by atoms with Crippen LogP contribution in [-0.2, 0) is 14.9 Å². The molecule has 0 saturated carbocycles. The Labute approximate surface area is 135 Å². The van der Waals surface area contributed by atoms with Crippen molar-refractivity contribution in [3.05, 3.63) is 39.6 Å². The molecule has 0 amide bonds. The van der Waals surface area contributed by atoms with Gasteiger partial charge in [-0.15, -0.1) is 11.3 Å². The molecule has 2 rings (SSSR count). The van der Waals surface area contributed by atoms with E-state index in [0.29, 0.717) is 16.8 Å². The average molecular weight is 372 g/mol. The van der Waals surface area contributed by atoms with Crippen molar-refractivity contribution >= 4 is 33.2 Å². The Hall–Kier alpha value is -1.27. The van der Waals surface area contributed by atoms with Crippen LogP contribution in [0.3, 0.4) is 0 Å². The Balaban J connectivity index is 2.33. The molecule has 3 nitrogen and oxygen atoms in total. The van der Waals surface area contributed by atoms with Crippen molar-refractivity contribution in [2.75, 3.05) is 6.61 Å². The van der Waals surface area contributed by atoms with E-state index in [-0.39, 0.29) is 11.8 Å². The van der Waals surface area contributed by atoms with Gasteiger partial charge in [0.25, 0.3) is 0 Å². The van der Waals surface area contributed by atoms with E-state index in [2.05, 4.69) is 20.9 Å².